The predicted octanol–water partition coefficient (Wildman–Crippen LogP) is 1.88. The number of ether oxygens (including phenoxy) is 1. The molecule has 0 spiro atoms. The maximum absolute atomic E-state index is 12.7. The Kier molecular flexibility index (Phi) is 6.02. The monoisotopic (exact) mass is 383 g/mol. The quantitative estimate of drug-likeness (QED) is 0.762. The van der Waals surface area contributed by atoms with Crippen LogP contribution in [0.5, 0.6) is 0 Å². The maximum atomic E-state index is 12.7. The molecule has 7 nitrogen and oxygen atoms in total. The standard InChI is InChI=1S/C21H29N5O2/c1-17-15-25(21(27)8-5-9-24-10-12-28-13-11-24)16-20-23-22-19(26(17)20)14-18-6-3-2-4-7-18/h2-4,6-7,17H,5,8-16H2,1H3/t17-/m0/s1. The van der Waals surface area contributed by atoms with Crippen molar-refractivity contribution in [3.63, 3.8) is 0 Å². The molecule has 1 aromatic carbocycles. The Hall–Kier alpha value is -2.25. The van der Waals surface area contributed by atoms with Crippen molar-refractivity contribution in [2.75, 3.05) is 39.4 Å². The average Bonchev–Trinajstić information content (AvgIpc) is 3.13. The molecule has 2 aliphatic heterocycles. The number of hydrogen-bond acceptors (Lipinski definition) is 5. The van der Waals surface area contributed by atoms with E-state index in [1.165, 1.54) is 5.56 Å². The first kappa shape index (κ1) is 19.1. The van der Waals surface area contributed by atoms with Crippen LogP contribution in [-0.2, 0) is 22.5 Å². The van der Waals surface area contributed by atoms with Gasteiger partial charge in [-0.05, 0) is 25.5 Å². The number of carbonyl (C=O) groups excluding carboxylic acids is 1. The Balaban J connectivity index is 1.33. The molecule has 0 N–H and O–H groups in total. The lowest BCUT2D eigenvalue weighted by molar-refractivity contribution is -0.133. The molecule has 1 saturated heterocycles. The second kappa shape index (κ2) is 8.84. The molecule has 0 bridgehead atoms. The topological polar surface area (TPSA) is 63.5 Å². The van der Waals surface area contributed by atoms with Crippen LogP contribution < -0.4 is 0 Å². The molecule has 1 amide bonds. The summed E-state index contributed by atoms with van der Waals surface area (Å²) < 4.78 is 7.59. The van der Waals surface area contributed by atoms with Gasteiger partial charge in [0, 0.05) is 32.5 Å². The maximum Gasteiger partial charge on any atom is 0.223 e. The lowest BCUT2D eigenvalue weighted by Gasteiger charge is -2.33. The van der Waals surface area contributed by atoms with Gasteiger partial charge in [-0.3, -0.25) is 9.69 Å². The van der Waals surface area contributed by atoms with Crippen molar-refractivity contribution in [2.24, 2.45) is 0 Å². The third-order valence-electron chi connectivity index (χ3n) is 5.62. The molecule has 150 valence electrons. The molecule has 4 rings (SSSR count). The number of benzene rings is 1. The smallest absolute Gasteiger partial charge is 0.223 e. The number of aromatic nitrogens is 3. The molecule has 1 aromatic heterocycles. The highest BCUT2D eigenvalue weighted by molar-refractivity contribution is 5.76. The fourth-order valence-electron chi connectivity index (χ4n) is 4.14. The van der Waals surface area contributed by atoms with Gasteiger partial charge in [-0.15, -0.1) is 10.2 Å². The van der Waals surface area contributed by atoms with Crippen LogP contribution in [0.15, 0.2) is 30.3 Å². The summed E-state index contributed by atoms with van der Waals surface area (Å²) in [7, 11) is 0. The summed E-state index contributed by atoms with van der Waals surface area (Å²) in [5, 5.41) is 8.80. The summed E-state index contributed by atoms with van der Waals surface area (Å²) in [6, 6.07) is 10.5. The molecule has 1 atom stereocenters. The largest absolute Gasteiger partial charge is 0.379 e. The molecule has 0 saturated carbocycles. The van der Waals surface area contributed by atoms with Gasteiger partial charge in [0.25, 0.3) is 0 Å². The van der Waals surface area contributed by atoms with E-state index in [1.54, 1.807) is 0 Å². The Morgan fingerprint density at radius 2 is 1.96 bits per heavy atom. The fraction of sp³-hybridized carbons (Fsp3) is 0.571. The summed E-state index contributed by atoms with van der Waals surface area (Å²) in [6.07, 6.45) is 2.26. The molecule has 7 heteroatoms. The number of nitrogens with zero attached hydrogens (tertiary/aromatic N) is 5. The van der Waals surface area contributed by atoms with Crippen LogP contribution in [0, 0.1) is 0 Å². The second-order valence-corrected chi connectivity index (χ2v) is 7.75. The van der Waals surface area contributed by atoms with E-state index in [9.17, 15) is 4.79 Å². The Labute approximate surface area is 166 Å². The van der Waals surface area contributed by atoms with Gasteiger partial charge in [0.05, 0.1) is 25.8 Å². The first-order valence-corrected chi connectivity index (χ1v) is 10.2. The van der Waals surface area contributed by atoms with Crippen molar-refractivity contribution in [3.05, 3.63) is 47.5 Å². The molecule has 2 aliphatic rings. The average molecular weight is 383 g/mol. The Morgan fingerprint density at radius 3 is 2.75 bits per heavy atom. The van der Waals surface area contributed by atoms with E-state index in [1.807, 2.05) is 23.1 Å². The zero-order valence-electron chi connectivity index (χ0n) is 16.6. The minimum absolute atomic E-state index is 0.195. The summed E-state index contributed by atoms with van der Waals surface area (Å²) in [5.74, 6) is 2.10. The lowest BCUT2D eigenvalue weighted by Crippen LogP contribution is -2.41. The summed E-state index contributed by atoms with van der Waals surface area (Å²) in [4.78, 5) is 17.0. The van der Waals surface area contributed by atoms with Gasteiger partial charge in [0.1, 0.15) is 5.82 Å². The molecular formula is C21H29N5O2. The first-order valence-electron chi connectivity index (χ1n) is 10.2. The molecule has 3 heterocycles. The number of fused-ring (bicyclic) bond motifs is 1. The van der Waals surface area contributed by atoms with Crippen LogP contribution in [0.1, 0.15) is 43.0 Å². The number of morpholine rings is 1. The van der Waals surface area contributed by atoms with Crippen molar-refractivity contribution < 1.29 is 9.53 Å². The highest BCUT2D eigenvalue weighted by atomic mass is 16.5. The van der Waals surface area contributed by atoms with E-state index in [0.29, 0.717) is 13.0 Å². The van der Waals surface area contributed by atoms with Crippen LogP contribution in [-0.4, -0.2) is 69.9 Å². The first-order chi connectivity index (χ1) is 13.7. The zero-order chi connectivity index (χ0) is 19.3. The molecule has 1 fully saturated rings. The second-order valence-electron chi connectivity index (χ2n) is 7.75. The van der Waals surface area contributed by atoms with E-state index in [0.717, 1.165) is 63.9 Å². The van der Waals surface area contributed by atoms with Crippen LogP contribution in [0.4, 0.5) is 0 Å². The fourth-order valence-corrected chi connectivity index (χ4v) is 4.14. The van der Waals surface area contributed by atoms with Gasteiger partial charge in [0.2, 0.25) is 5.91 Å². The van der Waals surface area contributed by atoms with Crippen molar-refractivity contribution in [2.45, 2.75) is 38.8 Å². The third kappa shape index (κ3) is 4.42. The van der Waals surface area contributed by atoms with Crippen LogP contribution in [0.2, 0.25) is 0 Å². The number of amides is 1. The molecule has 0 unspecified atom stereocenters. The SMILES string of the molecule is C[C@H]1CN(C(=O)CCCN2CCOCC2)Cc2nnc(Cc3ccccc3)n21. The van der Waals surface area contributed by atoms with Crippen molar-refractivity contribution in [1.29, 1.82) is 0 Å². The van der Waals surface area contributed by atoms with E-state index < -0.39 is 0 Å². The normalized spacial score (nSPS) is 20.2. The highest BCUT2D eigenvalue weighted by Gasteiger charge is 2.28. The van der Waals surface area contributed by atoms with E-state index in [4.69, 9.17) is 4.74 Å². The summed E-state index contributed by atoms with van der Waals surface area (Å²) in [6.45, 7) is 7.96. The molecule has 2 aromatic rings. The van der Waals surface area contributed by atoms with Gasteiger partial charge in [-0.25, -0.2) is 0 Å². The van der Waals surface area contributed by atoms with Crippen molar-refractivity contribution >= 4 is 5.91 Å². The van der Waals surface area contributed by atoms with Crippen LogP contribution in [0.25, 0.3) is 0 Å². The van der Waals surface area contributed by atoms with E-state index >= 15 is 0 Å². The highest BCUT2D eigenvalue weighted by Crippen LogP contribution is 2.23. The van der Waals surface area contributed by atoms with Gasteiger partial charge >= 0.3 is 0 Å². The van der Waals surface area contributed by atoms with E-state index in [2.05, 4.69) is 38.7 Å². The van der Waals surface area contributed by atoms with Gasteiger partial charge in [-0.1, -0.05) is 30.3 Å². The summed E-state index contributed by atoms with van der Waals surface area (Å²) in [5.41, 5.74) is 1.23. The van der Waals surface area contributed by atoms with Crippen LogP contribution in [0.3, 0.4) is 0 Å². The zero-order valence-corrected chi connectivity index (χ0v) is 16.6. The minimum atomic E-state index is 0.195. The van der Waals surface area contributed by atoms with E-state index in [-0.39, 0.29) is 11.9 Å². The Morgan fingerprint density at radius 1 is 1.18 bits per heavy atom. The third-order valence-corrected chi connectivity index (χ3v) is 5.62. The molecule has 0 radical (unpaired) electrons. The van der Waals surface area contributed by atoms with Gasteiger partial charge in [-0.2, -0.15) is 0 Å². The molecular weight excluding hydrogens is 354 g/mol. The number of carbonyl (C=O) groups is 1. The summed E-state index contributed by atoms with van der Waals surface area (Å²) >= 11 is 0. The molecule has 28 heavy (non-hydrogen) atoms. The number of hydrogen-bond donors (Lipinski definition) is 0. The lowest BCUT2D eigenvalue weighted by atomic mass is 10.1. The predicted molar refractivity (Wildman–Crippen MR) is 106 cm³/mol. The number of rotatable bonds is 6. The van der Waals surface area contributed by atoms with Gasteiger partial charge < -0.3 is 14.2 Å². The Bertz CT molecular complexity index is 785. The van der Waals surface area contributed by atoms with Gasteiger partial charge in [0.15, 0.2) is 5.82 Å². The minimum Gasteiger partial charge on any atom is -0.379 e. The van der Waals surface area contributed by atoms with Crippen LogP contribution >= 0.6 is 0 Å². The van der Waals surface area contributed by atoms with Crippen molar-refractivity contribution in [3.8, 4) is 0 Å². The molecule has 0 aliphatic carbocycles. The van der Waals surface area contributed by atoms with Crippen molar-refractivity contribution in [1.82, 2.24) is 24.6 Å².